The number of para-hydroxylation sites is 2. The van der Waals surface area contributed by atoms with Gasteiger partial charge >= 0.3 is 0 Å². The molecule has 5 aliphatic carbocycles. The summed E-state index contributed by atoms with van der Waals surface area (Å²) in [6.45, 7) is 4.60. The van der Waals surface area contributed by atoms with E-state index in [0.29, 0.717) is 11.8 Å². The molecule has 2 aromatic carbocycles. The fourth-order valence-electron chi connectivity index (χ4n) is 11.2. The Morgan fingerprint density at radius 3 is 2.62 bits per heavy atom. The van der Waals surface area contributed by atoms with E-state index in [0.717, 1.165) is 53.3 Å². The molecule has 8 atom stereocenters. The van der Waals surface area contributed by atoms with E-state index in [4.69, 9.17) is 4.98 Å². The van der Waals surface area contributed by atoms with Crippen molar-refractivity contribution in [3.63, 3.8) is 0 Å². The van der Waals surface area contributed by atoms with E-state index in [2.05, 4.69) is 91.2 Å². The second-order valence-corrected chi connectivity index (χ2v) is 15.3. The van der Waals surface area contributed by atoms with Gasteiger partial charge in [0.2, 0.25) is 0 Å². The molecule has 4 fully saturated rings. The molecule has 3 aromatic rings. The highest BCUT2D eigenvalue weighted by atomic mass is 15.1. The minimum Gasteiger partial charge on any atom is -0.296 e. The molecule has 5 aliphatic rings. The van der Waals surface area contributed by atoms with Crippen LogP contribution in [0.4, 0.5) is 0 Å². The van der Waals surface area contributed by atoms with Crippen molar-refractivity contribution in [1.29, 1.82) is 0 Å². The lowest BCUT2D eigenvalue weighted by Gasteiger charge is -2.39. The average molecular weight is 599 g/mol. The molecule has 0 aliphatic heterocycles. The van der Waals surface area contributed by atoms with E-state index in [-0.39, 0.29) is 0 Å². The predicted molar refractivity (Wildman–Crippen MR) is 189 cm³/mol. The predicted octanol–water partition coefficient (Wildman–Crippen LogP) is 11.6. The van der Waals surface area contributed by atoms with Crippen molar-refractivity contribution < 1.29 is 0 Å². The third-order valence-corrected chi connectivity index (χ3v) is 13.1. The van der Waals surface area contributed by atoms with Crippen LogP contribution >= 0.6 is 0 Å². The summed E-state index contributed by atoms with van der Waals surface area (Å²) in [4.78, 5) is 4.97. The second kappa shape index (κ2) is 12.7. The van der Waals surface area contributed by atoms with Gasteiger partial charge in [-0.2, -0.15) is 0 Å². The van der Waals surface area contributed by atoms with Crippen molar-refractivity contribution >= 4 is 11.0 Å². The maximum Gasteiger partial charge on any atom is 0.114 e. The largest absolute Gasteiger partial charge is 0.296 e. The molecule has 2 nitrogen and oxygen atoms in total. The molecule has 1 aromatic heterocycles. The van der Waals surface area contributed by atoms with Crippen molar-refractivity contribution in [2.24, 2.45) is 41.4 Å². The SMILES string of the molecule is CCCC1CCC(c2cccc(-n3c(CC)nc4ccccc43)c2)C[C@@H]1/C=C\CC1=CC=C2C3CCCCC3C3CCCC1C23. The summed E-state index contributed by atoms with van der Waals surface area (Å²) >= 11 is 0. The van der Waals surface area contributed by atoms with Gasteiger partial charge in [-0.15, -0.1) is 0 Å². The highest BCUT2D eigenvalue weighted by molar-refractivity contribution is 5.78. The van der Waals surface area contributed by atoms with Crippen molar-refractivity contribution in [1.82, 2.24) is 9.55 Å². The van der Waals surface area contributed by atoms with Crippen LogP contribution < -0.4 is 0 Å². The molecule has 236 valence electrons. The number of nitrogens with zero attached hydrogens (tertiary/aromatic N) is 2. The van der Waals surface area contributed by atoms with Gasteiger partial charge < -0.3 is 0 Å². The first-order valence-electron chi connectivity index (χ1n) is 18.9. The molecule has 4 saturated carbocycles. The Morgan fingerprint density at radius 2 is 1.71 bits per heavy atom. The molecule has 0 bridgehead atoms. The number of rotatable bonds is 8. The van der Waals surface area contributed by atoms with Crippen LogP contribution in [0.2, 0.25) is 0 Å². The zero-order chi connectivity index (χ0) is 30.3. The number of allylic oxidation sites excluding steroid dienone is 6. The fourth-order valence-corrected chi connectivity index (χ4v) is 11.2. The number of benzene rings is 2. The van der Waals surface area contributed by atoms with E-state index in [1.54, 1.807) is 5.57 Å². The molecule has 0 amide bonds. The van der Waals surface area contributed by atoms with Gasteiger partial charge in [-0.3, -0.25) is 4.57 Å². The van der Waals surface area contributed by atoms with Gasteiger partial charge in [-0.05, 0) is 129 Å². The molecule has 0 radical (unpaired) electrons. The monoisotopic (exact) mass is 598 g/mol. The Labute approximate surface area is 272 Å². The summed E-state index contributed by atoms with van der Waals surface area (Å²) in [6.07, 6.45) is 29.6. The van der Waals surface area contributed by atoms with Gasteiger partial charge in [-0.1, -0.05) is 106 Å². The molecule has 0 saturated heterocycles. The van der Waals surface area contributed by atoms with Crippen molar-refractivity contribution in [2.75, 3.05) is 0 Å². The maximum atomic E-state index is 4.97. The Balaban J connectivity index is 1.01. The van der Waals surface area contributed by atoms with E-state index in [1.807, 2.05) is 5.57 Å². The molecule has 2 heteroatoms. The highest BCUT2D eigenvalue weighted by Gasteiger charge is 2.52. The molecule has 0 spiro atoms. The Bertz CT molecular complexity index is 1600. The highest BCUT2D eigenvalue weighted by Crippen LogP contribution is 2.61. The number of imidazole rings is 1. The Morgan fingerprint density at radius 1 is 0.844 bits per heavy atom. The first kappa shape index (κ1) is 29.5. The Kier molecular flexibility index (Phi) is 8.35. The second-order valence-electron chi connectivity index (χ2n) is 15.3. The number of aryl methyl sites for hydroxylation is 1. The quantitative estimate of drug-likeness (QED) is 0.236. The number of fused-ring (bicyclic) bond motifs is 4. The van der Waals surface area contributed by atoms with Crippen LogP contribution in [0.25, 0.3) is 16.7 Å². The fraction of sp³-hybridized carbons (Fsp3) is 0.558. The smallest absolute Gasteiger partial charge is 0.114 e. The van der Waals surface area contributed by atoms with Crippen LogP contribution in [0.1, 0.15) is 115 Å². The average Bonchev–Trinajstić information content (AvgIpc) is 3.63. The minimum absolute atomic E-state index is 0.632. The van der Waals surface area contributed by atoms with Crippen LogP contribution in [-0.4, -0.2) is 9.55 Å². The molecule has 45 heavy (non-hydrogen) atoms. The van der Waals surface area contributed by atoms with Gasteiger partial charge in [0, 0.05) is 12.1 Å². The van der Waals surface area contributed by atoms with Gasteiger partial charge in [0.1, 0.15) is 5.82 Å². The van der Waals surface area contributed by atoms with Gasteiger partial charge in [0.05, 0.1) is 11.0 Å². The van der Waals surface area contributed by atoms with Crippen molar-refractivity contribution in [3.8, 4) is 5.69 Å². The lowest BCUT2D eigenvalue weighted by Crippen LogP contribution is -2.30. The lowest BCUT2D eigenvalue weighted by molar-refractivity contribution is 0.156. The zero-order valence-corrected chi connectivity index (χ0v) is 27.8. The third kappa shape index (κ3) is 5.39. The summed E-state index contributed by atoms with van der Waals surface area (Å²) in [5, 5.41) is 0. The molecule has 7 unspecified atom stereocenters. The standard InChI is InChI=1S/C43H54N2/c1-3-12-29-23-24-33(32-15-10-16-34(28-32)45-41-22-8-7-21-40(41)44-42(45)4-2)27-31(29)14-9-13-30-25-26-39-37-18-6-5-17-36(37)38-20-11-19-35(30)43(38)39/h7-10,14-16,21-22,25-26,28-29,31,33,35-38,43H,3-6,11-13,17-20,23-24,27H2,1-2H3/b14-9-/t29?,31-,33?,35?,36?,37?,38?,43?/m0/s1. The number of hydrogen-bond donors (Lipinski definition) is 0. The molecule has 8 rings (SSSR count). The molecular weight excluding hydrogens is 544 g/mol. The lowest BCUT2D eigenvalue weighted by atomic mass is 9.65. The Hall–Kier alpha value is -2.87. The summed E-state index contributed by atoms with van der Waals surface area (Å²) < 4.78 is 2.39. The molecule has 0 N–H and O–H groups in total. The first-order valence-corrected chi connectivity index (χ1v) is 18.9. The third-order valence-electron chi connectivity index (χ3n) is 13.1. The van der Waals surface area contributed by atoms with Crippen LogP contribution in [-0.2, 0) is 6.42 Å². The van der Waals surface area contributed by atoms with E-state index in [1.165, 1.54) is 100 Å². The van der Waals surface area contributed by atoms with Gasteiger partial charge in [0.25, 0.3) is 0 Å². The van der Waals surface area contributed by atoms with Crippen molar-refractivity contribution in [3.05, 3.63) is 95.4 Å². The minimum atomic E-state index is 0.632. The summed E-state index contributed by atoms with van der Waals surface area (Å²) in [6, 6.07) is 18.1. The topological polar surface area (TPSA) is 17.8 Å². The normalized spacial score (nSPS) is 32.8. The van der Waals surface area contributed by atoms with Gasteiger partial charge in [-0.25, -0.2) is 4.98 Å². The van der Waals surface area contributed by atoms with E-state index in [9.17, 15) is 0 Å². The summed E-state index contributed by atoms with van der Waals surface area (Å²) in [7, 11) is 0. The zero-order valence-electron chi connectivity index (χ0n) is 27.8. The van der Waals surface area contributed by atoms with Crippen LogP contribution in [0.15, 0.2) is 84.0 Å². The van der Waals surface area contributed by atoms with Crippen LogP contribution in [0.5, 0.6) is 0 Å². The van der Waals surface area contributed by atoms with Crippen LogP contribution in [0.3, 0.4) is 0 Å². The van der Waals surface area contributed by atoms with E-state index >= 15 is 0 Å². The maximum absolute atomic E-state index is 4.97. The van der Waals surface area contributed by atoms with Gasteiger partial charge in [0.15, 0.2) is 0 Å². The van der Waals surface area contributed by atoms with E-state index < -0.39 is 0 Å². The molecule has 1 heterocycles. The van der Waals surface area contributed by atoms with Crippen molar-refractivity contribution in [2.45, 2.75) is 110 Å². The summed E-state index contributed by atoms with van der Waals surface area (Å²) in [5.41, 5.74) is 8.75. The summed E-state index contributed by atoms with van der Waals surface area (Å²) in [5.74, 6) is 7.96. The number of hydrogen-bond acceptors (Lipinski definition) is 1. The van der Waals surface area contributed by atoms with Crippen LogP contribution in [0, 0.1) is 41.4 Å². The number of aromatic nitrogens is 2. The molecular formula is C43H54N2. The first-order chi connectivity index (χ1) is 22.2.